The van der Waals surface area contributed by atoms with Crippen molar-refractivity contribution in [2.24, 2.45) is 0 Å². The van der Waals surface area contributed by atoms with Crippen molar-refractivity contribution in [1.82, 2.24) is 10.2 Å². The van der Waals surface area contributed by atoms with Crippen LogP contribution >= 0.6 is 0 Å². The Labute approximate surface area is 76.4 Å². The second-order valence-corrected chi connectivity index (χ2v) is 2.62. The van der Waals surface area contributed by atoms with Crippen molar-refractivity contribution >= 4 is 0 Å². The fourth-order valence-corrected chi connectivity index (χ4v) is 1.05. The van der Waals surface area contributed by atoms with E-state index in [1.807, 2.05) is 30.3 Å². The molecule has 0 aliphatic heterocycles. The molecule has 0 aliphatic carbocycles. The second-order valence-electron chi connectivity index (χ2n) is 2.62. The maximum absolute atomic E-state index is 5.33. The summed E-state index contributed by atoms with van der Waals surface area (Å²) >= 11 is 0. The van der Waals surface area contributed by atoms with E-state index >= 15 is 0 Å². The summed E-state index contributed by atoms with van der Waals surface area (Å²) in [5.41, 5.74) is 0.940. The van der Waals surface area contributed by atoms with Gasteiger partial charge in [-0.25, -0.2) is 0 Å². The van der Waals surface area contributed by atoms with Crippen LogP contribution < -0.4 is 0 Å². The van der Waals surface area contributed by atoms with Gasteiger partial charge in [-0.2, -0.15) is 0 Å². The highest BCUT2D eigenvalue weighted by atomic mass is 16.4. The number of aromatic nitrogens is 2. The third-order valence-corrected chi connectivity index (χ3v) is 1.70. The maximum Gasteiger partial charge on any atom is 0.247 e. The van der Waals surface area contributed by atoms with Crippen LogP contribution in [0.4, 0.5) is 0 Å². The third kappa shape index (κ3) is 1.59. The Morgan fingerprint density at radius 3 is 2.54 bits per heavy atom. The normalized spacial score (nSPS) is 10.2. The average Bonchev–Trinajstić information content (AvgIpc) is 2.67. The molecule has 2 aromatic rings. The third-order valence-electron chi connectivity index (χ3n) is 1.70. The molecular weight excluding hydrogens is 164 g/mol. The number of nitrogens with zero attached hydrogens (tertiary/aromatic N) is 2. The second kappa shape index (κ2) is 3.39. The first-order valence-corrected chi connectivity index (χ1v) is 4.07. The monoisotopic (exact) mass is 173 g/mol. The average molecular weight is 173 g/mol. The fourth-order valence-electron chi connectivity index (χ4n) is 1.05. The van der Waals surface area contributed by atoms with Gasteiger partial charge in [0.15, 0.2) is 0 Å². The molecule has 13 heavy (non-hydrogen) atoms. The van der Waals surface area contributed by atoms with Gasteiger partial charge in [0.1, 0.15) is 0 Å². The van der Waals surface area contributed by atoms with Crippen LogP contribution in [0.5, 0.6) is 0 Å². The van der Waals surface area contributed by atoms with E-state index < -0.39 is 0 Å². The van der Waals surface area contributed by atoms with Crippen molar-refractivity contribution in [3.05, 3.63) is 43.1 Å². The van der Waals surface area contributed by atoms with Crippen LogP contribution in [0.1, 0.15) is 5.89 Å². The van der Waals surface area contributed by atoms with Crippen LogP contribution in [0.3, 0.4) is 0 Å². The molecule has 0 N–H and O–H groups in total. The van der Waals surface area contributed by atoms with Crippen molar-refractivity contribution in [2.75, 3.05) is 0 Å². The van der Waals surface area contributed by atoms with Gasteiger partial charge in [0, 0.05) is 12.0 Å². The molecule has 1 radical (unpaired) electrons. The number of rotatable bonds is 2. The van der Waals surface area contributed by atoms with E-state index in [-0.39, 0.29) is 0 Å². The van der Waals surface area contributed by atoms with E-state index in [2.05, 4.69) is 17.1 Å². The van der Waals surface area contributed by atoms with Crippen LogP contribution in [-0.2, 0) is 6.42 Å². The Morgan fingerprint density at radius 2 is 1.92 bits per heavy atom. The first-order valence-electron chi connectivity index (χ1n) is 4.07. The van der Waals surface area contributed by atoms with Gasteiger partial charge in [0.05, 0.1) is 0 Å². The molecule has 0 atom stereocenters. The molecule has 3 nitrogen and oxygen atoms in total. The molecule has 1 heterocycles. The summed E-state index contributed by atoms with van der Waals surface area (Å²) in [6, 6.07) is 9.68. The van der Waals surface area contributed by atoms with Crippen molar-refractivity contribution in [1.29, 1.82) is 0 Å². The predicted octanol–water partition coefficient (Wildman–Crippen LogP) is 2.11. The van der Waals surface area contributed by atoms with Gasteiger partial charge in [-0.05, 0) is 19.1 Å². The minimum absolute atomic E-state index is 0.528. The Balaban J connectivity index is 2.36. The first-order chi connectivity index (χ1) is 6.40. The highest BCUT2D eigenvalue weighted by Crippen LogP contribution is 2.16. The summed E-state index contributed by atoms with van der Waals surface area (Å²) in [7, 11) is 0. The molecular formula is C10H9N2O. The van der Waals surface area contributed by atoms with E-state index in [1.54, 1.807) is 0 Å². The summed E-state index contributed by atoms with van der Waals surface area (Å²) in [5.74, 6) is 1.12. The van der Waals surface area contributed by atoms with Gasteiger partial charge in [-0.1, -0.05) is 18.2 Å². The zero-order valence-corrected chi connectivity index (χ0v) is 7.10. The minimum Gasteiger partial charge on any atom is -0.421 e. The zero-order chi connectivity index (χ0) is 9.10. The Hall–Kier alpha value is -1.64. The van der Waals surface area contributed by atoms with Crippen LogP contribution in [0, 0.1) is 6.92 Å². The van der Waals surface area contributed by atoms with Gasteiger partial charge in [-0.3, -0.25) is 0 Å². The molecule has 3 heteroatoms. The van der Waals surface area contributed by atoms with Crippen molar-refractivity contribution in [2.45, 2.75) is 6.42 Å². The van der Waals surface area contributed by atoms with Crippen LogP contribution in [0.2, 0.25) is 0 Å². The van der Waals surface area contributed by atoms with Crippen LogP contribution in [0.25, 0.3) is 11.5 Å². The molecule has 0 aliphatic rings. The van der Waals surface area contributed by atoms with E-state index in [1.165, 1.54) is 0 Å². The summed E-state index contributed by atoms with van der Waals surface area (Å²) in [5, 5.41) is 7.73. The lowest BCUT2D eigenvalue weighted by atomic mass is 10.2. The highest BCUT2D eigenvalue weighted by Gasteiger charge is 2.05. The Kier molecular flexibility index (Phi) is 2.08. The summed E-state index contributed by atoms with van der Waals surface area (Å²) in [4.78, 5) is 0. The maximum atomic E-state index is 5.33. The lowest BCUT2D eigenvalue weighted by Gasteiger charge is -1.91. The number of hydrogen-bond donors (Lipinski definition) is 0. The molecule has 2 rings (SSSR count). The molecule has 0 spiro atoms. The first kappa shape index (κ1) is 7.98. The molecule has 0 fully saturated rings. The van der Waals surface area contributed by atoms with Gasteiger partial charge in [0.25, 0.3) is 0 Å². The molecule has 0 amide bonds. The summed E-state index contributed by atoms with van der Waals surface area (Å²) < 4.78 is 5.33. The molecule has 65 valence electrons. The Bertz CT molecular complexity index is 381. The van der Waals surface area contributed by atoms with E-state index in [0.29, 0.717) is 18.2 Å². The zero-order valence-electron chi connectivity index (χ0n) is 7.10. The highest BCUT2D eigenvalue weighted by molar-refractivity contribution is 5.51. The molecule has 0 saturated carbocycles. The lowest BCUT2D eigenvalue weighted by molar-refractivity contribution is 0.520. The Morgan fingerprint density at radius 1 is 1.15 bits per heavy atom. The van der Waals surface area contributed by atoms with E-state index in [4.69, 9.17) is 4.42 Å². The van der Waals surface area contributed by atoms with Gasteiger partial charge in [-0.15, -0.1) is 10.2 Å². The van der Waals surface area contributed by atoms with Crippen molar-refractivity contribution in [3.63, 3.8) is 0 Å². The van der Waals surface area contributed by atoms with Crippen molar-refractivity contribution in [3.8, 4) is 11.5 Å². The van der Waals surface area contributed by atoms with Crippen LogP contribution in [0.15, 0.2) is 34.7 Å². The molecule has 0 saturated heterocycles. The fraction of sp³-hybridized carbons (Fsp3) is 0.100. The molecule has 1 aromatic carbocycles. The molecule has 1 aromatic heterocycles. The number of hydrogen-bond acceptors (Lipinski definition) is 3. The van der Waals surface area contributed by atoms with E-state index in [9.17, 15) is 0 Å². The van der Waals surface area contributed by atoms with Gasteiger partial charge < -0.3 is 4.42 Å². The van der Waals surface area contributed by atoms with E-state index in [0.717, 1.165) is 5.56 Å². The topological polar surface area (TPSA) is 38.9 Å². The summed E-state index contributed by atoms with van der Waals surface area (Å²) in [6.45, 7) is 3.67. The number of benzene rings is 1. The van der Waals surface area contributed by atoms with Gasteiger partial charge >= 0.3 is 0 Å². The minimum atomic E-state index is 0.528. The molecule has 0 unspecified atom stereocenters. The molecule has 0 bridgehead atoms. The van der Waals surface area contributed by atoms with Crippen molar-refractivity contribution < 1.29 is 4.42 Å². The smallest absolute Gasteiger partial charge is 0.247 e. The quantitative estimate of drug-likeness (QED) is 0.698. The summed E-state index contributed by atoms with van der Waals surface area (Å²) in [6.07, 6.45) is 0.528. The lowest BCUT2D eigenvalue weighted by Crippen LogP contribution is -1.76. The largest absolute Gasteiger partial charge is 0.421 e. The standard InChI is InChI=1S/C10H9N2O/c1-2-9-11-12-10(13-9)8-6-4-3-5-7-8/h3-7H,1-2H2. The predicted molar refractivity (Wildman–Crippen MR) is 48.8 cm³/mol. The SMILES string of the molecule is [CH2]Cc1nnc(-c2ccccc2)o1. The van der Waals surface area contributed by atoms with Crippen LogP contribution in [-0.4, -0.2) is 10.2 Å². The van der Waals surface area contributed by atoms with Gasteiger partial charge in [0.2, 0.25) is 11.8 Å².